The van der Waals surface area contributed by atoms with Crippen LogP contribution in [0.25, 0.3) is 0 Å². The number of methoxy groups -OCH3 is 1. The van der Waals surface area contributed by atoms with Crippen molar-refractivity contribution in [2.75, 3.05) is 13.7 Å². The van der Waals surface area contributed by atoms with E-state index in [1.54, 1.807) is 24.1 Å². The van der Waals surface area contributed by atoms with Gasteiger partial charge in [0.25, 0.3) is 0 Å². The summed E-state index contributed by atoms with van der Waals surface area (Å²) >= 11 is 0. The van der Waals surface area contributed by atoms with Gasteiger partial charge < -0.3 is 14.7 Å². The summed E-state index contributed by atoms with van der Waals surface area (Å²) in [7, 11) is 1.59. The number of benzene rings is 2. The maximum absolute atomic E-state index is 12.6. The minimum absolute atomic E-state index is 0.0193. The smallest absolute Gasteiger partial charge is 0.335 e. The highest BCUT2D eigenvalue weighted by molar-refractivity contribution is 5.88. The highest BCUT2D eigenvalue weighted by Gasteiger charge is 2.22. The SMILES string of the molecule is COc1ccccc1CC(=O)N1CCc2ccc(C(=O)O)cc2C1. The van der Waals surface area contributed by atoms with Crippen LogP contribution in [0.3, 0.4) is 0 Å². The number of aromatic carboxylic acids is 1. The van der Waals surface area contributed by atoms with Gasteiger partial charge in [-0.15, -0.1) is 0 Å². The molecule has 1 N–H and O–H groups in total. The minimum Gasteiger partial charge on any atom is -0.496 e. The lowest BCUT2D eigenvalue weighted by Crippen LogP contribution is -2.37. The van der Waals surface area contributed by atoms with E-state index in [9.17, 15) is 9.59 Å². The first-order valence-electron chi connectivity index (χ1n) is 7.83. The second kappa shape index (κ2) is 6.74. The van der Waals surface area contributed by atoms with Gasteiger partial charge in [0.15, 0.2) is 0 Å². The van der Waals surface area contributed by atoms with Crippen molar-refractivity contribution < 1.29 is 19.4 Å². The van der Waals surface area contributed by atoms with Crippen LogP contribution in [0.1, 0.15) is 27.0 Å². The van der Waals surface area contributed by atoms with E-state index in [-0.39, 0.29) is 17.9 Å². The Bertz CT molecular complexity index is 785. The Morgan fingerprint density at radius 1 is 1.17 bits per heavy atom. The molecule has 5 nitrogen and oxygen atoms in total. The molecular weight excluding hydrogens is 306 g/mol. The molecule has 0 atom stereocenters. The number of hydrogen-bond acceptors (Lipinski definition) is 3. The fourth-order valence-corrected chi connectivity index (χ4v) is 3.03. The summed E-state index contributed by atoms with van der Waals surface area (Å²) in [5, 5.41) is 9.12. The van der Waals surface area contributed by atoms with Gasteiger partial charge in [-0.05, 0) is 35.7 Å². The van der Waals surface area contributed by atoms with Gasteiger partial charge in [0, 0.05) is 18.7 Å². The molecule has 1 aliphatic rings. The van der Waals surface area contributed by atoms with Crippen LogP contribution in [-0.2, 0) is 24.2 Å². The third kappa shape index (κ3) is 3.25. The summed E-state index contributed by atoms with van der Waals surface area (Å²) in [5.41, 5.74) is 3.14. The molecule has 124 valence electrons. The summed E-state index contributed by atoms with van der Waals surface area (Å²) in [6, 6.07) is 12.6. The van der Waals surface area contributed by atoms with E-state index in [1.165, 1.54) is 0 Å². The molecule has 0 saturated heterocycles. The van der Waals surface area contributed by atoms with Crippen molar-refractivity contribution in [1.82, 2.24) is 4.90 Å². The summed E-state index contributed by atoms with van der Waals surface area (Å²) in [4.78, 5) is 25.5. The van der Waals surface area contributed by atoms with Gasteiger partial charge in [-0.1, -0.05) is 24.3 Å². The molecule has 0 fully saturated rings. The Balaban J connectivity index is 1.76. The number of rotatable bonds is 4. The molecule has 1 amide bonds. The number of fused-ring (bicyclic) bond motifs is 1. The molecule has 2 aromatic carbocycles. The Labute approximate surface area is 140 Å². The summed E-state index contributed by atoms with van der Waals surface area (Å²) in [6.07, 6.45) is 1.02. The van der Waals surface area contributed by atoms with E-state index in [0.717, 1.165) is 23.1 Å². The van der Waals surface area contributed by atoms with Crippen LogP contribution < -0.4 is 4.74 Å². The van der Waals surface area contributed by atoms with E-state index in [2.05, 4.69) is 0 Å². The third-order valence-corrected chi connectivity index (χ3v) is 4.35. The monoisotopic (exact) mass is 325 g/mol. The third-order valence-electron chi connectivity index (χ3n) is 4.35. The van der Waals surface area contributed by atoms with Gasteiger partial charge in [0.05, 0.1) is 19.1 Å². The average Bonchev–Trinajstić information content (AvgIpc) is 2.61. The Morgan fingerprint density at radius 3 is 2.71 bits per heavy atom. The molecule has 2 aromatic rings. The van der Waals surface area contributed by atoms with Gasteiger partial charge in [0.2, 0.25) is 5.91 Å². The molecule has 0 spiro atoms. The Morgan fingerprint density at radius 2 is 1.96 bits per heavy atom. The predicted octanol–water partition coefficient (Wildman–Crippen LogP) is 2.52. The van der Waals surface area contributed by atoms with Crippen molar-refractivity contribution in [1.29, 1.82) is 0 Å². The van der Waals surface area contributed by atoms with E-state index in [4.69, 9.17) is 9.84 Å². The van der Waals surface area contributed by atoms with Crippen LogP contribution in [0.5, 0.6) is 5.75 Å². The summed E-state index contributed by atoms with van der Waals surface area (Å²) < 4.78 is 5.30. The first-order chi connectivity index (χ1) is 11.6. The zero-order valence-electron chi connectivity index (χ0n) is 13.5. The van der Waals surface area contributed by atoms with Crippen LogP contribution in [0, 0.1) is 0 Å². The van der Waals surface area contributed by atoms with E-state index in [1.807, 2.05) is 30.3 Å². The first-order valence-corrected chi connectivity index (χ1v) is 7.83. The van der Waals surface area contributed by atoms with Crippen molar-refractivity contribution in [2.24, 2.45) is 0 Å². The quantitative estimate of drug-likeness (QED) is 0.938. The van der Waals surface area contributed by atoms with Crippen molar-refractivity contribution in [3.05, 3.63) is 64.7 Å². The molecule has 0 unspecified atom stereocenters. The minimum atomic E-state index is -0.949. The number of nitrogens with zero attached hydrogens (tertiary/aromatic N) is 1. The predicted molar refractivity (Wildman–Crippen MR) is 89.2 cm³/mol. The molecule has 0 aromatic heterocycles. The number of carbonyl (C=O) groups excluding carboxylic acids is 1. The fourth-order valence-electron chi connectivity index (χ4n) is 3.03. The molecule has 5 heteroatoms. The first kappa shape index (κ1) is 16.1. The molecule has 0 radical (unpaired) electrons. The maximum Gasteiger partial charge on any atom is 0.335 e. The highest BCUT2D eigenvalue weighted by atomic mass is 16.5. The normalized spacial score (nSPS) is 13.3. The average molecular weight is 325 g/mol. The molecule has 1 heterocycles. The van der Waals surface area contributed by atoms with Gasteiger partial charge in [0.1, 0.15) is 5.75 Å². The lowest BCUT2D eigenvalue weighted by Gasteiger charge is -2.29. The zero-order valence-corrected chi connectivity index (χ0v) is 13.5. The second-order valence-electron chi connectivity index (χ2n) is 5.84. The number of ether oxygens (including phenoxy) is 1. The van der Waals surface area contributed by atoms with Gasteiger partial charge in [-0.3, -0.25) is 4.79 Å². The summed E-state index contributed by atoms with van der Waals surface area (Å²) in [6.45, 7) is 1.10. The lowest BCUT2D eigenvalue weighted by atomic mass is 9.97. The number of para-hydroxylation sites is 1. The van der Waals surface area contributed by atoms with Crippen LogP contribution >= 0.6 is 0 Å². The van der Waals surface area contributed by atoms with Crippen molar-refractivity contribution >= 4 is 11.9 Å². The van der Waals surface area contributed by atoms with Gasteiger partial charge in [-0.25, -0.2) is 4.79 Å². The molecule has 3 rings (SSSR count). The van der Waals surface area contributed by atoms with E-state index >= 15 is 0 Å². The molecule has 24 heavy (non-hydrogen) atoms. The van der Waals surface area contributed by atoms with Crippen LogP contribution in [0.2, 0.25) is 0 Å². The number of hydrogen-bond donors (Lipinski definition) is 1. The molecule has 0 bridgehead atoms. The highest BCUT2D eigenvalue weighted by Crippen LogP contribution is 2.23. The number of amides is 1. The van der Waals surface area contributed by atoms with Crippen molar-refractivity contribution in [2.45, 2.75) is 19.4 Å². The molecule has 0 saturated carbocycles. The fraction of sp³-hybridized carbons (Fsp3) is 0.263. The van der Waals surface area contributed by atoms with Gasteiger partial charge >= 0.3 is 5.97 Å². The van der Waals surface area contributed by atoms with Crippen LogP contribution in [0.4, 0.5) is 0 Å². The van der Waals surface area contributed by atoms with Crippen molar-refractivity contribution in [3.8, 4) is 5.75 Å². The lowest BCUT2D eigenvalue weighted by molar-refractivity contribution is -0.131. The number of carboxylic acid groups (broad SMARTS) is 1. The van der Waals surface area contributed by atoms with E-state index in [0.29, 0.717) is 18.8 Å². The molecular formula is C19H19NO4. The van der Waals surface area contributed by atoms with E-state index < -0.39 is 5.97 Å². The number of carbonyl (C=O) groups is 2. The number of carboxylic acids is 1. The molecule has 1 aliphatic heterocycles. The summed E-state index contributed by atoms with van der Waals surface area (Å²) in [5.74, 6) is -0.224. The standard InChI is InChI=1S/C19H19NO4/c1-24-17-5-3-2-4-14(17)11-18(21)20-9-8-13-6-7-15(19(22)23)10-16(13)12-20/h2-7,10H,8-9,11-12H2,1H3,(H,22,23). The Kier molecular flexibility index (Phi) is 4.51. The van der Waals surface area contributed by atoms with Gasteiger partial charge in [-0.2, -0.15) is 0 Å². The van der Waals surface area contributed by atoms with Crippen LogP contribution in [0.15, 0.2) is 42.5 Å². The topological polar surface area (TPSA) is 66.8 Å². The molecule has 0 aliphatic carbocycles. The zero-order chi connectivity index (χ0) is 17.1. The Hall–Kier alpha value is -2.82. The maximum atomic E-state index is 12.6. The largest absolute Gasteiger partial charge is 0.496 e. The van der Waals surface area contributed by atoms with Crippen LogP contribution in [-0.4, -0.2) is 35.5 Å². The van der Waals surface area contributed by atoms with Crippen molar-refractivity contribution in [3.63, 3.8) is 0 Å². The second-order valence-corrected chi connectivity index (χ2v) is 5.84.